The molecule has 0 spiro atoms. The fourth-order valence-electron chi connectivity index (χ4n) is 1.10. The molecule has 0 atom stereocenters. The van der Waals surface area contributed by atoms with Gasteiger partial charge in [0.15, 0.2) is 0 Å². The van der Waals surface area contributed by atoms with E-state index in [2.05, 4.69) is 9.36 Å². The number of benzene rings is 1. The molecule has 0 unspecified atom stereocenters. The van der Waals surface area contributed by atoms with E-state index in [0.717, 1.165) is 17.8 Å². The molecular weight excluding hydrogens is 251 g/mol. The Balaban J connectivity index is 2.47. The van der Waals surface area contributed by atoms with Crippen LogP contribution in [0.5, 0.6) is 0 Å². The quantitative estimate of drug-likeness (QED) is 0.823. The van der Waals surface area contributed by atoms with Gasteiger partial charge in [0.25, 0.3) is 5.16 Å². The van der Waals surface area contributed by atoms with Gasteiger partial charge in [0.2, 0.25) is 9.84 Å². The lowest BCUT2D eigenvalue weighted by Gasteiger charge is -1.94. The number of hydrogen-bond donors (Lipinski definition) is 0. The summed E-state index contributed by atoms with van der Waals surface area (Å²) in [6.45, 7) is 0. The first kappa shape index (κ1) is 11.2. The summed E-state index contributed by atoms with van der Waals surface area (Å²) in [6.07, 6.45) is 1.03. The van der Waals surface area contributed by atoms with Crippen LogP contribution in [0.15, 0.2) is 29.4 Å². The van der Waals surface area contributed by atoms with Gasteiger partial charge in [-0.1, -0.05) is 12.1 Å². The monoisotopic (exact) mass is 258 g/mol. The van der Waals surface area contributed by atoms with Gasteiger partial charge in [0.05, 0.1) is 0 Å². The first-order chi connectivity index (χ1) is 7.47. The third-order valence-corrected chi connectivity index (χ3v) is 3.54. The van der Waals surface area contributed by atoms with E-state index >= 15 is 0 Å². The zero-order valence-corrected chi connectivity index (χ0v) is 9.85. The summed E-state index contributed by atoms with van der Waals surface area (Å²) >= 11 is 0.931. The standard InChI is InChI=1S/C9H7FN2O2S2/c1-16(13,14)9-11-8(15-12-9)6-3-2-4-7(10)5-6/h2-5H,1H3. The fourth-order valence-corrected chi connectivity index (χ4v) is 2.63. The van der Waals surface area contributed by atoms with Crippen LogP contribution in [-0.4, -0.2) is 24.0 Å². The number of rotatable bonds is 2. The van der Waals surface area contributed by atoms with Crippen LogP contribution in [0.2, 0.25) is 0 Å². The van der Waals surface area contributed by atoms with E-state index in [1.165, 1.54) is 18.2 Å². The SMILES string of the molecule is CS(=O)(=O)c1nsc(-c2cccc(F)c2)n1. The molecule has 0 bridgehead atoms. The smallest absolute Gasteiger partial charge is 0.221 e. The number of nitrogens with zero attached hydrogens (tertiary/aromatic N) is 2. The van der Waals surface area contributed by atoms with E-state index in [1.807, 2.05) is 0 Å². The summed E-state index contributed by atoms with van der Waals surface area (Å²) in [5, 5.41) is 0.164. The van der Waals surface area contributed by atoms with E-state index in [0.29, 0.717) is 10.6 Å². The van der Waals surface area contributed by atoms with Crippen molar-refractivity contribution in [1.82, 2.24) is 9.36 Å². The summed E-state index contributed by atoms with van der Waals surface area (Å²) in [5.74, 6) is -0.395. The van der Waals surface area contributed by atoms with Crippen molar-refractivity contribution in [2.24, 2.45) is 0 Å². The lowest BCUT2D eigenvalue weighted by Crippen LogP contribution is -1.98. The molecule has 16 heavy (non-hydrogen) atoms. The average molecular weight is 258 g/mol. The van der Waals surface area contributed by atoms with Crippen molar-refractivity contribution >= 4 is 21.4 Å². The fraction of sp³-hybridized carbons (Fsp3) is 0.111. The summed E-state index contributed by atoms with van der Waals surface area (Å²) < 4.78 is 38.9. The van der Waals surface area contributed by atoms with Crippen LogP contribution in [0.3, 0.4) is 0 Å². The summed E-state index contributed by atoms with van der Waals surface area (Å²) in [7, 11) is -3.41. The van der Waals surface area contributed by atoms with E-state index < -0.39 is 15.7 Å². The molecule has 2 aromatic rings. The van der Waals surface area contributed by atoms with Crippen molar-refractivity contribution in [3.05, 3.63) is 30.1 Å². The van der Waals surface area contributed by atoms with Crippen molar-refractivity contribution in [2.45, 2.75) is 5.16 Å². The Hall–Kier alpha value is -1.34. The minimum Gasteiger partial charge on any atom is -0.221 e. The third-order valence-electron chi connectivity index (χ3n) is 1.81. The highest BCUT2D eigenvalue weighted by Crippen LogP contribution is 2.23. The predicted molar refractivity (Wildman–Crippen MR) is 58.4 cm³/mol. The maximum Gasteiger partial charge on any atom is 0.259 e. The first-order valence-electron chi connectivity index (χ1n) is 4.26. The van der Waals surface area contributed by atoms with Crippen LogP contribution >= 0.6 is 11.5 Å². The molecule has 0 aliphatic heterocycles. The van der Waals surface area contributed by atoms with Crippen molar-refractivity contribution < 1.29 is 12.8 Å². The van der Waals surface area contributed by atoms with Gasteiger partial charge in [-0.05, 0) is 23.7 Å². The highest BCUT2D eigenvalue weighted by Gasteiger charge is 2.15. The first-order valence-corrected chi connectivity index (χ1v) is 6.93. The Morgan fingerprint density at radius 1 is 1.38 bits per heavy atom. The van der Waals surface area contributed by atoms with E-state index in [4.69, 9.17) is 0 Å². The maximum atomic E-state index is 12.9. The van der Waals surface area contributed by atoms with Crippen LogP contribution in [-0.2, 0) is 9.84 Å². The molecule has 4 nitrogen and oxygen atoms in total. The molecular formula is C9H7FN2O2S2. The second-order valence-electron chi connectivity index (χ2n) is 3.16. The third kappa shape index (κ3) is 2.25. The van der Waals surface area contributed by atoms with Crippen LogP contribution in [0, 0.1) is 5.82 Å². The Morgan fingerprint density at radius 2 is 2.12 bits per heavy atom. The molecule has 1 aromatic carbocycles. The molecule has 0 N–H and O–H groups in total. The molecule has 0 amide bonds. The maximum absolute atomic E-state index is 12.9. The molecule has 7 heteroatoms. The average Bonchev–Trinajstić information content (AvgIpc) is 2.65. The molecule has 84 valence electrons. The molecule has 1 heterocycles. The van der Waals surface area contributed by atoms with Crippen LogP contribution in [0.4, 0.5) is 4.39 Å². The van der Waals surface area contributed by atoms with Crippen molar-refractivity contribution in [1.29, 1.82) is 0 Å². The Labute approximate surface area is 95.9 Å². The van der Waals surface area contributed by atoms with E-state index in [-0.39, 0.29) is 5.16 Å². The minimum atomic E-state index is -3.41. The normalized spacial score (nSPS) is 11.6. The lowest BCUT2D eigenvalue weighted by atomic mass is 10.2. The molecule has 0 radical (unpaired) electrons. The van der Waals surface area contributed by atoms with Crippen molar-refractivity contribution in [3.8, 4) is 10.6 Å². The van der Waals surface area contributed by atoms with E-state index in [1.54, 1.807) is 6.07 Å². The van der Waals surface area contributed by atoms with Gasteiger partial charge in [-0.3, -0.25) is 0 Å². The Kier molecular flexibility index (Phi) is 2.73. The van der Waals surface area contributed by atoms with Gasteiger partial charge in [0.1, 0.15) is 10.8 Å². The second-order valence-corrected chi connectivity index (χ2v) is 5.83. The molecule has 0 fully saturated rings. The molecule has 0 aliphatic carbocycles. The summed E-state index contributed by atoms with van der Waals surface area (Å²) in [6, 6.07) is 5.77. The zero-order chi connectivity index (χ0) is 11.8. The molecule has 2 rings (SSSR count). The topological polar surface area (TPSA) is 59.9 Å². The van der Waals surface area contributed by atoms with Gasteiger partial charge in [0, 0.05) is 11.8 Å². The highest BCUT2D eigenvalue weighted by molar-refractivity contribution is 7.90. The molecule has 1 aromatic heterocycles. The number of halogens is 1. The summed E-state index contributed by atoms with van der Waals surface area (Å²) in [5.41, 5.74) is 0.521. The number of sulfone groups is 1. The van der Waals surface area contributed by atoms with Gasteiger partial charge in [-0.2, -0.15) is 4.37 Å². The van der Waals surface area contributed by atoms with E-state index in [9.17, 15) is 12.8 Å². The van der Waals surface area contributed by atoms with Crippen LogP contribution in [0.25, 0.3) is 10.6 Å². The lowest BCUT2D eigenvalue weighted by molar-refractivity contribution is 0.595. The van der Waals surface area contributed by atoms with Gasteiger partial charge in [-0.25, -0.2) is 17.8 Å². The van der Waals surface area contributed by atoms with Crippen LogP contribution < -0.4 is 0 Å². The largest absolute Gasteiger partial charge is 0.259 e. The summed E-state index contributed by atoms with van der Waals surface area (Å²) in [4.78, 5) is 3.85. The van der Waals surface area contributed by atoms with Gasteiger partial charge in [-0.15, -0.1) is 0 Å². The molecule has 0 saturated heterocycles. The number of aromatic nitrogens is 2. The van der Waals surface area contributed by atoms with Gasteiger partial charge < -0.3 is 0 Å². The van der Waals surface area contributed by atoms with Crippen LogP contribution in [0.1, 0.15) is 0 Å². The zero-order valence-electron chi connectivity index (χ0n) is 8.21. The van der Waals surface area contributed by atoms with Gasteiger partial charge >= 0.3 is 0 Å². The van der Waals surface area contributed by atoms with Crippen molar-refractivity contribution in [2.75, 3.05) is 6.26 Å². The van der Waals surface area contributed by atoms with Crippen molar-refractivity contribution in [3.63, 3.8) is 0 Å². The predicted octanol–water partition coefficient (Wildman–Crippen LogP) is 1.75. The Morgan fingerprint density at radius 3 is 2.69 bits per heavy atom. The second kappa shape index (κ2) is 3.91. The minimum absolute atomic E-state index is 0.225. The Bertz CT molecular complexity index is 622. The molecule has 0 aliphatic rings. The number of hydrogen-bond acceptors (Lipinski definition) is 5. The highest BCUT2D eigenvalue weighted by atomic mass is 32.2. The molecule has 0 saturated carbocycles.